The molecule has 0 spiro atoms. The molecule has 2 aromatic rings. The Balaban J connectivity index is 2.17. The predicted molar refractivity (Wildman–Crippen MR) is 81.2 cm³/mol. The van der Waals surface area contributed by atoms with Crippen LogP contribution < -0.4 is 5.32 Å². The van der Waals surface area contributed by atoms with Crippen molar-refractivity contribution in [2.45, 2.75) is 27.7 Å². The van der Waals surface area contributed by atoms with Crippen LogP contribution in [-0.2, 0) is 0 Å². The van der Waals surface area contributed by atoms with Crippen LogP contribution in [0.3, 0.4) is 0 Å². The van der Waals surface area contributed by atoms with E-state index in [9.17, 15) is 0 Å². The molecule has 0 unspecified atom stereocenters. The fourth-order valence-electron chi connectivity index (χ4n) is 2.60. The highest BCUT2D eigenvalue weighted by atomic mass is 15.0. The fraction of sp³-hybridized carbons (Fsp3) is 0.500. The van der Waals surface area contributed by atoms with Crippen LogP contribution >= 0.6 is 0 Å². The number of rotatable bonds is 5. The lowest BCUT2D eigenvalue weighted by atomic mass is 9.85. The van der Waals surface area contributed by atoms with Crippen molar-refractivity contribution in [1.29, 1.82) is 0 Å². The van der Waals surface area contributed by atoms with Gasteiger partial charge in [-0.1, -0.05) is 39.8 Å². The van der Waals surface area contributed by atoms with E-state index in [0.717, 1.165) is 23.3 Å². The Hall–Kier alpha value is -1.64. The van der Waals surface area contributed by atoms with Crippen LogP contribution in [0.25, 0.3) is 10.9 Å². The molecule has 1 aromatic carbocycles. The molecule has 0 atom stereocenters. The Bertz CT molecular complexity index is 521. The summed E-state index contributed by atoms with van der Waals surface area (Å²) < 4.78 is 0. The summed E-state index contributed by atoms with van der Waals surface area (Å²) in [6.07, 6.45) is 1.63. The van der Waals surface area contributed by atoms with Gasteiger partial charge in [0.1, 0.15) is 12.1 Å². The molecule has 3 nitrogen and oxygen atoms in total. The maximum Gasteiger partial charge on any atom is 0.137 e. The van der Waals surface area contributed by atoms with Crippen LogP contribution in [0.5, 0.6) is 0 Å². The van der Waals surface area contributed by atoms with Crippen LogP contribution in [0.2, 0.25) is 0 Å². The van der Waals surface area contributed by atoms with E-state index in [0.29, 0.717) is 17.8 Å². The summed E-state index contributed by atoms with van der Waals surface area (Å²) in [5, 5.41) is 4.59. The van der Waals surface area contributed by atoms with Crippen molar-refractivity contribution >= 4 is 16.7 Å². The van der Waals surface area contributed by atoms with E-state index in [4.69, 9.17) is 0 Å². The van der Waals surface area contributed by atoms with Crippen LogP contribution in [0.4, 0.5) is 5.82 Å². The molecule has 0 bridgehead atoms. The van der Waals surface area contributed by atoms with Gasteiger partial charge in [0.25, 0.3) is 0 Å². The summed E-state index contributed by atoms with van der Waals surface area (Å²) in [4.78, 5) is 8.66. The van der Waals surface area contributed by atoms with Gasteiger partial charge in [-0.25, -0.2) is 9.97 Å². The van der Waals surface area contributed by atoms with Crippen molar-refractivity contribution in [2.24, 2.45) is 17.8 Å². The molecule has 0 amide bonds. The zero-order chi connectivity index (χ0) is 13.8. The minimum atomic E-state index is 0.647. The second-order valence-electron chi connectivity index (χ2n) is 5.77. The average Bonchev–Trinajstić information content (AvgIpc) is 2.38. The summed E-state index contributed by atoms with van der Waals surface area (Å²) in [7, 11) is 0. The molecule has 3 heteroatoms. The molecule has 102 valence electrons. The number of nitrogens with zero attached hydrogens (tertiary/aromatic N) is 2. The zero-order valence-corrected chi connectivity index (χ0v) is 12.2. The summed E-state index contributed by atoms with van der Waals surface area (Å²) in [5.41, 5.74) is 0.991. The topological polar surface area (TPSA) is 37.8 Å². The number of para-hydroxylation sites is 1. The number of hydrogen-bond donors (Lipinski definition) is 1. The fourth-order valence-corrected chi connectivity index (χ4v) is 2.60. The summed E-state index contributed by atoms with van der Waals surface area (Å²) in [5.74, 6) is 2.92. The molecule has 0 aliphatic rings. The van der Waals surface area contributed by atoms with E-state index in [-0.39, 0.29) is 0 Å². The molecular formula is C16H23N3. The van der Waals surface area contributed by atoms with Crippen LogP contribution in [0.15, 0.2) is 30.6 Å². The Labute approximate surface area is 115 Å². The van der Waals surface area contributed by atoms with Gasteiger partial charge < -0.3 is 5.32 Å². The standard InChI is InChI=1S/C16H23N3/c1-11(2)14(12(3)4)9-17-16-13-7-5-6-8-15(13)18-10-19-16/h5-8,10-12,14H,9H2,1-4H3,(H,17,18,19). The minimum absolute atomic E-state index is 0.647. The van der Waals surface area contributed by atoms with Crippen molar-refractivity contribution in [2.75, 3.05) is 11.9 Å². The number of fused-ring (bicyclic) bond motifs is 1. The van der Waals surface area contributed by atoms with E-state index < -0.39 is 0 Å². The predicted octanol–water partition coefficient (Wildman–Crippen LogP) is 3.97. The molecule has 2 rings (SSSR count). The smallest absolute Gasteiger partial charge is 0.137 e. The molecule has 1 N–H and O–H groups in total. The SMILES string of the molecule is CC(C)C(CNc1ncnc2ccccc12)C(C)C. The first-order valence-corrected chi connectivity index (χ1v) is 7.03. The first kappa shape index (κ1) is 13.8. The highest BCUT2D eigenvalue weighted by Crippen LogP contribution is 2.23. The number of benzene rings is 1. The third-order valence-corrected chi connectivity index (χ3v) is 3.76. The van der Waals surface area contributed by atoms with Crippen LogP contribution in [0.1, 0.15) is 27.7 Å². The molecule has 0 saturated heterocycles. The van der Waals surface area contributed by atoms with Gasteiger partial charge in [0.05, 0.1) is 5.52 Å². The summed E-state index contributed by atoms with van der Waals surface area (Å²) in [6.45, 7) is 10.1. The second-order valence-corrected chi connectivity index (χ2v) is 5.77. The van der Waals surface area contributed by atoms with Gasteiger partial charge >= 0.3 is 0 Å². The Morgan fingerprint density at radius 2 is 1.68 bits per heavy atom. The first-order valence-electron chi connectivity index (χ1n) is 7.03. The van der Waals surface area contributed by atoms with E-state index in [1.807, 2.05) is 18.2 Å². The highest BCUT2D eigenvalue weighted by molar-refractivity contribution is 5.88. The monoisotopic (exact) mass is 257 g/mol. The lowest BCUT2D eigenvalue weighted by Gasteiger charge is -2.25. The largest absolute Gasteiger partial charge is 0.369 e. The Morgan fingerprint density at radius 3 is 2.37 bits per heavy atom. The first-order chi connectivity index (χ1) is 9.09. The molecule has 0 fully saturated rings. The molecule has 1 aromatic heterocycles. The number of hydrogen-bond acceptors (Lipinski definition) is 3. The van der Waals surface area contributed by atoms with Gasteiger partial charge in [0.15, 0.2) is 0 Å². The highest BCUT2D eigenvalue weighted by Gasteiger charge is 2.17. The van der Waals surface area contributed by atoms with Gasteiger partial charge in [-0.2, -0.15) is 0 Å². The summed E-state index contributed by atoms with van der Waals surface area (Å²) >= 11 is 0. The maximum atomic E-state index is 4.38. The molecule has 1 heterocycles. The minimum Gasteiger partial charge on any atom is -0.369 e. The van der Waals surface area contributed by atoms with E-state index in [1.165, 1.54) is 0 Å². The molecule has 0 radical (unpaired) electrons. The quantitative estimate of drug-likeness (QED) is 0.880. The Morgan fingerprint density at radius 1 is 1.00 bits per heavy atom. The third-order valence-electron chi connectivity index (χ3n) is 3.76. The molecular weight excluding hydrogens is 234 g/mol. The number of nitrogens with one attached hydrogen (secondary N) is 1. The van der Waals surface area contributed by atoms with E-state index >= 15 is 0 Å². The number of aromatic nitrogens is 2. The van der Waals surface area contributed by atoms with Gasteiger partial charge in [-0.15, -0.1) is 0 Å². The van der Waals surface area contributed by atoms with E-state index in [2.05, 4.69) is 49.0 Å². The van der Waals surface area contributed by atoms with Crippen LogP contribution in [-0.4, -0.2) is 16.5 Å². The molecule has 0 saturated carbocycles. The third kappa shape index (κ3) is 3.22. The van der Waals surface area contributed by atoms with E-state index in [1.54, 1.807) is 6.33 Å². The lowest BCUT2D eigenvalue weighted by Crippen LogP contribution is -2.24. The van der Waals surface area contributed by atoms with Crippen molar-refractivity contribution in [3.63, 3.8) is 0 Å². The van der Waals surface area contributed by atoms with Crippen molar-refractivity contribution in [3.05, 3.63) is 30.6 Å². The van der Waals surface area contributed by atoms with Gasteiger partial charge in [-0.3, -0.25) is 0 Å². The summed E-state index contributed by atoms with van der Waals surface area (Å²) in [6, 6.07) is 8.12. The molecule has 19 heavy (non-hydrogen) atoms. The lowest BCUT2D eigenvalue weighted by molar-refractivity contribution is 0.304. The normalized spacial score (nSPS) is 11.7. The van der Waals surface area contributed by atoms with Crippen LogP contribution in [0, 0.1) is 17.8 Å². The van der Waals surface area contributed by atoms with Gasteiger partial charge in [-0.05, 0) is 29.9 Å². The van der Waals surface area contributed by atoms with Gasteiger partial charge in [0, 0.05) is 11.9 Å². The maximum absolute atomic E-state index is 4.38. The van der Waals surface area contributed by atoms with Crippen molar-refractivity contribution in [3.8, 4) is 0 Å². The molecule has 0 aliphatic carbocycles. The zero-order valence-electron chi connectivity index (χ0n) is 12.2. The molecule has 0 aliphatic heterocycles. The second kappa shape index (κ2) is 6.00. The van der Waals surface area contributed by atoms with Crippen molar-refractivity contribution < 1.29 is 0 Å². The number of anilines is 1. The average molecular weight is 257 g/mol. The Kier molecular flexibility index (Phi) is 4.35. The van der Waals surface area contributed by atoms with Gasteiger partial charge in [0.2, 0.25) is 0 Å². The van der Waals surface area contributed by atoms with Crippen molar-refractivity contribution in [1.82, 2.24) is 9.97 Å².